The van der Waals surface area contributed by atoms with Crippen LogP contribution in [0.2, 0.25) is 0 Å². The number of hydrogen-bond acceptors (Lipinski definition) is 4. The van der Waals surface area contributed by atoms with Gasteiger partial charge < -0.3 is 15.2 Å². The Labute approximate surface area is 126 Å². The van der Waals surface area contributed by atoms with Crippen LogP contribution in [0.3, 0.4) is 0 Å². The summed E-state index contributed by atoms with van der Waals surface area (Å²) < 4.78 is 5.65. The van der Waals surface area contributed by atoms with Crippen LogP contribution in [-0.2, 0) is 0 Å². The minimum atomic E-state index is -0.451. The van der Waals surface area contributed by atoms with E-state index in [0.29, 0.717) is 13.2 Å². The van der Waals surface area contributed by atoms with Gasteiger partial charge in [0.2, 0.25) is 0 Å². The summed E-state index contributed by atoms with van der Waals surface area (Å²) in [5.74, 6) is 4.20. The molecule has 2 N–H and O–H groups in total. The Morgan fingerprint density at radius 3 is 2.85 bits per heavy atom. The predicted molar refractivity (Wildman–Crippen MR) is 85.6 cm³/mol. The summed E-state index contributed by atoms with van der Waals surface area (Å²) >= 11 is 2.05. The van der Waals surface area contributed by atoms with Crippen LogP contribution in [0.15, 0.2) is 24.3 Å². The number of benzene rings is 1. The average Bonchev–Trinajstić information content (AvgIpc) is 2.47. The Kier molecular flexibility index (Phi) is 6.70. The molecule has 0 radical (unpaired) electrons. The first kappa shape index (κ1) is 15.7. The largest absolute Gasteiger partial charge is 0.491 e. The molecule has 1 saturated heterocycles. The van der Waals surface area contributed by atoms with Crippen molar-refractivity contribution < 1.29 is 9.84 Å². The van der Waals surface area contributed by atoms with Gasteiger partial charge in [-0.2, -0.15) is 11.8 Å². The molecule has 1 aliphatic heterocycles. The summed E-state index contributed by atoms with van der Waals surface area (Å²) in [4.78, 5) is 0. The van der Waals surface area contributed by atoms with Crippen LogP contribution in [0.1, 0.15) is 18.4 Å². The zero-order valence-electron chi connectivity index (χ0n) is 12.2. The van der Waals surface area contributed by atoms with Gasteiger partial charge in [-0.1, -0.05) is 18.2 Å². The van der Waals surface area contributed by atoms with Crippen LogP contribution >= 0.6 is 11.8 Å². The number of nitrogens with one attached hydrogen (secondary N) is 1. The maximum absolute atomic E-state index is 9.94. The second-order valence-electron chi connectivity index (χ2n) is 5.44. The van der Waals surface area contributed by atoms with E-state index >= 15 is 0 Å². The van der Waals surface area contributed by atoms with E-state index in [1.165, 1.54) is 24.3 Å². The third kappa shape index (κ3) is 5.35. The summed E-state index contributed by atoms with van der Waals surface area (Å²) in [6, 6.07) is 7.90. The van der Waals surface area contributed by atoms with Crippen molar-refractivity contribution >= 4 is 11.8 Å². The fourth-order valence-electron chi connectivity index (χ4n) is 2.37. The van der Waals surface area contributed by atoms with Crippen molar-refractivity contribution in [3.63, 3.8) is 0 Å². The van der Waals surface area contributed by atoms with Crippen LogP contribution in [0.4, 0.5) is 0 Å². The Balaban J connectivity index is 1.60. The van der Waals surface area contributed by atoms with Gasteiger partial charge in [-0.15, -0.1) is 0 Å². The molecule has 1 fully saturated rings. The van der Waals surface area contributed by atoms with Crippen LogP contribution in [0.25, 0.3) is 0 Å². The summed E-state index contributed by atoms with van der Waals surface area (Å²) in [6.45, 7) is 3.98. The molecule has 1 heterocycles. The maximum atomic E-state index is 9.94. The summed E-state index contributed by atoms with van der Waals surface area (Å²) in [5, 5.41) is 13.3. The highest BCUT2D eigenvalue weighted by Crippen LogP contribution is 2.21. The first-order chi connectivity index (χ1) is 9.75. The molecule has 3 nitrogen and oxygen atoms in total. The third-order valence-electron chi connectivity index (χ3n) is 3.68. The normalized spacial score (nSPS) is 17.9. The molecule has 2 rings (SSSR count). The first-order valence-corrected chi connectivity index (χ1v) is 8.56. The van der Waals surface area contributed by atoms with Gasteiger partial charge in [0.25, 0.3) is 0 Å². The van der Waals surface area contributed by atoms with Gasteiger partial charge in [0.1, 0.15) is 18.5 Å². The monoisotopic (exact) mass is 295 g/mol. The minimum absolute atomic E-state index is 0.346. The summed E-state index contributed by atoms with van der Waals surface area (Å²) in [6.07, 6.45) is 2.15. The lowest BCUT2D eigenvalue weighted by atomic mass is 10.0. The number of aliphatic hydroxyl groups excluding tert-OH is 1. The molecule has 1 aromatic carbocycles. The van der Waals surface area contributed by atoms with Crippen LogP contribution < -0.4 is 10.1 Å². The number of thioether (sulfide) groups is 1. The molecule has 0 saturated carbocycles. The molecule has 0 aromatic heterocycles. The number of ether oxygens (including phenoxy) is 1. The Bertz CT molecular complexity index is 394. The molecule has 0 aliphatic carbocycles. The van der Waals surface area contributed by atoms with Crippen molar-refractivity contribution in [3.8, 4) is 5.75 Å². The first-order valence-electron chi connectivity index (χ1n) is 7.40. The fourth-order valence-corrected chi connectivity index (χ4v) is 3.57. The Hall–Kier alpha value is -0.710. The van der Waals surface area contributed by atoms with Gasteiger partial charge in [-0.05, 0) is 55.4 Å². The van der Waals surface area contributed by atoms with E-state index in [1.807, 2.05) is 43.0 Å². The van der Waals surface area contributed by atoms with E-state index in [1.54, 1.807) is 0 Å². The molecule has 0 spiro atoms. The lowest BCUT2D eigenvalue weighted by molar-refractivity contribution is 0.105. The van der Waals surface area contributed by atoms with E-state index in [0.717, 1.165) is 23.8 Å². The van der Waals surface area contributed by atoms with E-state index in [-0.39, 0.29) is 0 Å². The quantitative estimate of drug-likeness (QED) is 0.811. The van der Waals surface area contributed by atoms with Gasteiger partial charge in [0, 0.05) is 6.54 Å². The number of aryl methyl sites for hydroxylation is 1. The highest BCUT2D eigenvalue weighted by atomic mass is 32.2. The summed E-state index contributed by atoms with van der Waals surface area (Å²) in [7, 11) is 0. The second kappa shape index (κ2) is 8.55. The van der Waals surface area contributed by atoms with Gasteiger partial charge in [-0.25, -0.2) is 0 Å². The molecular weight excluding hydrogens is 270 g/mol. The Morgan fingerprint density at radius 1 is 1.35 bits per heavy atom. The molecule has 0 amide bonds. The Morgan fingerprint density at radius 2 is 2.10 bits per heavy atom. The number of hydrogen-bond donors (Lipinski definition) is 2. The summed E-state index contributed by atoms with van der Waals surface area (Å²) in [5.41, 5.74) is 1.10. The van der Waals surface area contributed by atoms with Crippen molar-refractivity contribution in [2.45, 2.75) is 25.9 Å². The fraction of sp³-hybridized carbons (Fsp3) is 0.625. The topological polar surface area (TPSA) is 41.5 Å². The molecule has 1 atom stereocenters. The molecule has 4 heteroatoms. The highest BCUT2D eigenvalue weighted by Gasteiger charge is 2.14. The predicted octanol–water partition coefficient (Wildman–Crippen LogP) is 2.47. The molecule has 0 bridgehead atoms. The van der Waals surface area contributed by atoms with Gasteiger partial charge in [-0.3, -0.25) is 0 Å². The number of rotatable bonds is 7. The molecular formula is C16H25NO2S. The van der Waals surface area contributed by atoms with E-state index < -0.39 is 6.10 Å². The third-order valence-corrected chi connectivity index (χ3v) is 4.73. The minimum Gasteiger partial charge on any atom is -0.491 e. The van der Waals surface area contributed by atoms with Gasteiger partial charge in [0.15, 0.2) is 0 Å². The van der Waals surface area contributed by atoms with Gasteiger partial charge >= 0.3 is 0 Å². The smallest absolute Gasteiger partial charge is 0.122 e. The van der Waals surface area contributed by atoms with Gasteiger partial charge in [0.05, 0.1) is 0 Å². The van der Waals surface area contributed by atoms with Crippen molar-refractivity contribution in [1.82, 2.24) is 5.32 Å². The van der Waals surface area contributed by atoms with Crippen molar-refractivity contribution in [2.24, 2.45) is 5.92 Å². The number of para-hydroxylation sites is 1. The molecule has 112 valence electrons. The van der Waals surface area contributed by atoms with Crippen molar-refractivity contribution in [1.29, 1.82) is 0 Å². The van der Waals surface area contributed by atoms with Crippen LogP contribution in [0.5, 0.6) is 5.75 Å². The maximum Gasteiger partial charge on any atom is 0.122 e. The molecule has 1 aliphatic rings. The molecule has 1 aromatic rings. The lowest BCUT2D eigenvalue weighted by Gasteiger charge is -2.22. The molecule has 1 unspecified atom stereocenters. The SMILES string of the molecule is Cc1ccccc1OCC(O)CNCC1CCSCC1. The van der Waals surface area contributed by atoms with E-state index in [4.69, 9.17) is 4.74 Å². The lowest BCUT2D eigenvalue weighted by Crippen LogP contribution is -2.35. The number of aliphatic hydroxyl groups is 1. The molecule has 20 heavy (non-hydrogen) atoms. The van der Waals surface area contributed by atoms with Crippen molar-refractivity contribution in [3.05, 3.63) is 29.8 Å². The zero-order chi connectivity index (χ0) is 14.2. The van der Waals surface area contributed by atoms with Crippen LogP contribution in [0, 0.1) is 12.8 Å². The van der Waals surface area contributed by atoms with Crippen LogP contribution in [-0.4, -0.2) is 42.4 Å². The van der Waals surface area contributed by atoms with E-state index in [2.05, 4.69) is 5.32 Å². The van der Waals surface area contributed by atoms with E-state index in [9.17, 15) is 5.11 Å². The standard InChI is InChI=1S/C16H25NO2S/c1-13-4-2-3-5-16(13)19-12-15(18)11-17-10-14-6-8-20-9-7-14/h2-5,14-15,17-18H,6-12H2,1H3. The second-order valence-corrected chi connectivity index (χ2v) is 6.67. The average molecular weight is 295 g/mol. The van der Waals surface area contributed by atoms with Crippen molar-refractivity contribution in [2.75, 3.05) is 31.2 Å². The highest BCUT2D eigenvalue weighted by molar-refractivity contribution is 7.99. The zero-order valence-corrected chi connectivity index (χ0v) is 13.0.